The van der Waals surface area contributed by atoms with Crippen LogP contribution in [0.15, 0.2) is 46.7 Å². The third kappa shape index (κ3) is 3.17. The summed E-state index contributed by atoms with van der Waals surface area (Å²) in [6, 6.07) is 11.3. The van der Waals surface area contributed by atoms with E-state index < -0.39 is 15.8 Å². The van der Waals surface area contributed by atoms with Gasteiger partial charge in [0.2, 0.25) is 0 Å². The molecule has 1 aromatic heterocycles. The van der Waals surface area contributed by atoms with Crippen LogP contribution < -0.4 is 0 Å². The molecule has 1 heterocycles. The van der Waals surface area contributed by atoms with Crippen LogP contribution in [-0.4, -0.2) is 19.5 Å². The van der Waals surface area contributed by atoms with E-state index in [1.165, 1.54) is 23.5 Å². The van der Waals surface area contributed by atoms with Crippen molar-refractivity contribution in [3.8, 4) is 0 Å². The molecule has 0 aliphatic heterocycles. The Bertz CT molecular complexity index is 1050. The summed E-state index contributed by atoms with van der Waals surface area (Å²) in [7, 11) is -3.58. The van der Waals surface area contributed by atoms with Crippen molar-refractivity contribution in [2.75, 3.05) is 0 Å². The van der Waals surface area contributed by atoms with E-state index in [2.05, 4.69) is 0 Å². The molecule has 0 spiro atoms. The summed E-state index contributed by atoms with van der Waals surface area (Å²) in [5.74, 6) is -1.32. The Balaban J connectivity index is 2.04. The highest BCUT2D eigenvalue weighted by Gasteiger charge is 2.22. The van der Waals surface area contributed by atoms with Crippen LogP contribution >= 0.6 is 22.9 Å². The molecule has 3 aromatic rings. The second kappa shape index (κ2) is 6.20. The lowest BCUT2D eigenvalue weighted by Gasteiger charge is -2.05. The van der Waals surface area contributed by atoms with Crippen LogP contribution in [0.2, 0.25) is 5.02 Å². The maximum absolute atomic E-state index is 12.8. The predicted molar refractivity (Wildman–Crippen MR) is 95.9 cm³/mol. The summed E-state index contributed by atoms with van der Waals surface area (Å²) in [5.41, 5.74) is 1.19. The van der Waals surface area contributed by atoms with Crippen LogP contribution in [0.5, 0.6) is 0 Å². The number of aryl methyl sites for hydroxylation is 1. The van der Waals surface area contributed by atoms with Crippen molar-refractivity contribution in [2.24, 2.45) is 0 Å². The molecule has 4 nitrogen and oxygen atoms in total. The van der Waals surface area contributed by atoms with E-state index in [4.69, 9.17) is 16.7 Å². The quantitative estimate of drug-likeness (QED) is 0.721. The average molecular weight is 381 g/mol. The largest absolute Gasteiger partial charge is 0.478 e. The van der Waals surface area contributed by atoms with Gasteiger partial charge in [0.05, 0.1) is 11.3 Å². The van der Waals surface area contributed by atoms with Crippen molar-refractivity contribution < 1.29 is 18.3 Å². The molecule has 0 amide bonds. The van der Waals surface area contributed by atoms with Crippen LogP contribution in [0.4, 0.5) is 0 Å². The lowest BCUT2D eigenvalue weighted by molar-refractivity contribution is 0.0696. The van der Waals surface area contributed by atoms with Gasteiger partial charge in [-0.1, -0.05) is 23.7 Å². The second-order valence-electron chi connectivity index (χ2n) is 5.42. The zero-order valence-corrected chi connectivity index (χ0v) is 15.0. The zero-order valence-electron chi connectivity index (χ0n) is 12.6. The molecule has 3 rings (SSSR count). The Morgan fingerprint density at radius 2 is 1.96 bits per heavy atom. The molecule has 0 radical (unpaired) electrons. The van der Waals surface area contributed by atoms with Gasteiger partial charge in [0.15, 0.2) is 9.84 Å². The number of hydrogen-bond acceptors (Lipinski definition) is 4. The number of carboxylic acid groups (broad SMARTS) is 1. The maximum Gasteiger partial charge on any atom is 0.335 e. The molecule has 124 valence electrons. The number of rotatable bonds is 4. The zero-order chi connectivity index (χ0) is 17.5. The summed E-state index contributed by atoms with van der Waals surface area (Å²) >= 11 is 7.20. The molecule has 0 saturated heterocycles. The molecule has 2 aromatic carbocycles. The molecule has 1 N–H and O–H groups in total. The molecule has 0 unspecified atom stereocenters. The second-order valence-corrected chi connectivity index (χ2v) is 9.09. The van der Waals surface area contributed by atoms with Crippen molar-refractivity contribution in [3.05, 3.63) is 64.2 Å². The lowest BCUT2D eigenvalue weighted by Crippen LogP contribution is -2.06. The van der Waals surface area contributed by atoms with Crippen molar-refractivity contribution in [1.82, 2.24) is 0 Å². The molecule has 24 heavy (non-hydrogen) atoms. The Hall–Kier alpha value is -1.89. The standard InChI is InChI=1S/C17H13ClO4S2/c1-10-14-8-13(18)5-6-15(14)23-17(10)24(21,22)9-11-3-2-4-12(7-11)16(19)20/h2-8H,9H2,1H3,(H,19,20). The van der Waals surface area contributed by atoms with Crippen molar-refractivity contribution in [2.45, 2.75) is 16.9 Å². The van der Waals surface area contributed by atoms with Crippen LogP contribution in [0.3, 0.4) is 0 Å². The van der Waals surface area contributed by atoms with Crippen molar-refractivity contribution in [3.63, 3.8) is 0 Å². The molecule has 0 fully saturated rings. The number of carboxylic acids is 1. The third-order valence-electron chi connectivity index (χ3n) is 3.67. The minimum absolute atomic E-state index is 0.0718. The third-order valence-corrected chi connectivity index (χ3v) is 7.57. The number of halogens is 1. The van der Waals surface area contributed by atoms with Gasteiger partial charge in [-0.3, -0.25) is 0 Å². The number of sulfone groups is 1. The van der Waals surface area contributed by atoms with E-state index >= 15 is 0 Å². The number of fused-ring (bicyclic) bond motifs is 1. The SMILES string of the molecule is Cc1c(S(=O)(=O)Cc2cccc(C(=O)O)c2)sc2ccc(Cl)cc12. The minimum atomic E-state index is -3.58. The van der Waals surface area contributed by atoms with Gasteiger partial charge >= 0.3 is 5.97 Å². The van der Waals surface area contributed by atoms with E-state index in [1.807, 2.05) is 0 Å². The smallest absolute Gasteiger partial charge is 0.335 e. The van der Waals surface area contributed by atoms with Crippen LogP contribution in [-0.2, 0) is 15.6 Å². The monoisotopic (exact) mass is 380 g/mol. The fraction of sp³-hybridized carbons (Fsp3) is 0.118. The number of benzene rings is 2. The highest BCUT2D eigenvalue weighted by atomic mass is 35.5. The Kier molecular flexibility index (Phi) is 4.38. The number of aromatic carboxylic acids is 1. The topological polar surface area (TPSA) is 71.4 Å². The number of carbonyl (C=O) groups is 1. The highest BCUT2D eigenvalue weighted by Crippen LogP contribution is 2.36. The molecular formula is C17H13ClO4S2. The summed E-state index contributed by atoms with van der Waals surface area (Å²) in [6.07, 6.45) is 0. The normalized spacial score (nSPS) is 11.8. The summed E-state index contributed by atoms with van der Waals surface area (Å²) in [4.78, 5) is 11.0. The number of hydrogen-bond donors (Lipinski definition) is 1. The number of thiophene rings is 1. The molecular weight excluding hydrogens is 368 g/mol. The summed E-state index contributed by atoms with van der Waals surface area (Å²) in [6.45, 7) is 1.76. The van der Waals surface area contributed by atoms with E-state index in [0.29, 0.717) is 20.4 Å². The molecule has 0 aliphatic carbocycles. The first kappa shape index (κ1) is 17.0. The van der Waals surface area contributed by atoms with Gasteiger partial charge < -0.3 is 5.11 Å². The van der Waals surface area contributed by atoms with E-state index in [1.54, 1.807) is 37.3 Å². The first-order valence-corrected chi connectivity index (χ1v) is 9.86. The van der Waals surface area contributed by atoms with Gasteiger partial charge in [0, 0.05) is 9.72 Å². The fourth-order valence-electron chi connectivity index (χ4n) is 2.55. The average Bonchev–Trinajstić information content (AvgIpc) is 2.85. The predicted octanol–water partition coefficient (Wildman–Crippen LogP) is 4.54. The molecule has 0 aliphatic rings. The van der Waals surface area contributed by atoms with E-state index in [0.717, 1.165) is 10.1 Å². The van der Waals surface area contributed by atoms with E-state index in [-0.39, 0.29) is 11.3 Å². The van der Waals surface area contributed by atoms with Gasteiger partial charge in [-0.25, -0.2) is 13.2 Å². The first-order chi connectivity index (χ1) is 11.3. The van der Waals surface area contributed by atoms with Crippen LogP contribution in [0.1, 0.15) is 21.5 Å². The Labute approximate surface area is 148 Å². The summed E-state index contributed by atoms with van der Waals surface area (Å²) < 4.78 is 26.7. The lowest BCUT2D eigenvalue weighted by atomic mass is 10.1. The van der Waals surface area contributed by atoms with Gasteiger partial charge in [-0.15, -0.1) is 11.3 Å². The van der Waals surface area contributed by atoms with Gasteiger partial charge in [-0.2, -0.15) is 0 Å². The molecule has 0 bridgehead atoms. The maximum atomic E-state index is 12.8. The molecule has 0 atom stereocenters. The van der Waals surface area contributed by atoms with E-state index in [9.17, 15) is 13.2 Å². The fourth-order valence-corrected chi connectivity index (χ4v) is 5.92. The van der Waals surface area contributed by atoms with Gasteiger partial charge in [0.1, 0.15) is 4.21 Å². The Morgan fingerprint density at radius 1 is 1.21 bits per heavy atom. The molecule has 0 saturated carbocycles. The first-order valence-electron chi connectivity index (χ1n) is 7.01. The van der Waals surface area contributed by atoms with Gasteiger partial charge in [-0.05, 0) is 53.8 Å². The van der Waals surface area contributed by atoms with Crippen molar-refractivity contribution >= 4 is 48.8 Å². The Morgan fingerprint density at radius 3 is 2.67 bits per heavy atom. The molecule has 7 heteroatoms. The minimum Gasteiger partial charge on any atom is -0.478 e. The van der Waals surface area contributed by atoms with Gasteiger partial charge in [0.25, 0.3) is 0 Å². The van der Waals surface area contributed by atoms with Crippen LogP contribution in [0.25, 0.3) is 10.1 Å². The van der Waals surface area contributed by atoms with Crippen LogP contribution in [0, 0.1) is 6.92 Å². The summed E-state index contributed by atoms with van der Waals surface area (Å²) in [5, 5.41) is 10.4. The highest BCUT2D eigenvalue weighted by molar-refractivity contribution is 7.93. The van der Waals surface area contributed by atoms with Crippen molar-refractivity contribution in [1.29, 1.82) is 0 Å².